The number of amides is 2. The summed E-state index contributed by atoms with van der Waals surface area (Å²) in [6, 6.07) is 5.15. The number of fused-ring (bicyclic) bond motifs is 1. The summed E-state index contributed by atoms with van der Waals surface area (Å²) >= 11 is 0. The first kappa shape index (κ1) is 26.3. The molecule has 0 unspecified atom stereocenters. The van der Waals surface area contributed by atoms with Crippen LogP contribution in [0.2, 0.25) is 0 Å². The zero-order valence-corrected chi connectivity index (χ0v) is 22.3. The summed E-state index contributed by atoms with van der Waals surface area (Å²) in [7, 11) is 0. The minimum absolute atomic E-state index is 0.0972. The van der Waals surface area contributed by atoms with Gasteiger partial charge < -0.3 is 24.6 Å². The summed E-state index contributed by atoms with van der Waals surface area (Å²) in [5.74, 6) is 0.590. The molecule has 2 saturated carbocycles. The monoisotopic (exact) mass is 515 g/mol. The summed E-state index contributed by atoms with van der Waals surface area (Å²) in [5.41, 5.74) is 1.90. The zero-order chi connectivity index (χ0) is 26.0. The van der Waals surface area contributed by atoms with Crippen LogP contribution in [0.15, 0.2) is 18.2 Å². The number of anilines is 1. The van der Waals surface area contributed by atoms with Crippen molar-refractivity contribution in [2.24, 2.45) is 11.8 Å². The normalized spacial score (nSPS) is 23.3. The Kier molecular flexibility index (Phi) is 7.93. The molecule has 2 amide bonds. The Labute approximate surface area is 220 Å². The molecule has 8 heteroatoms. The number of carbonyl (C=O) groups is 2. The van der Waals surface area contributed by atoms with Crippen LogP contribution in [-0.2, 0) is 19.7 Å². The summed E-state index contributed by atoms with van der Waals surface area (Å²) in [4.78, 5) is 30.5. The van der Waals surface area contributed by atoms with Gasteiger partial charge in [0.2, 0.25) is 0 Å². The standard InChI is InChI=1S/C29H42FN3O4/c1-29(2)19-33(24-11-10-22(30)17-23(24)29)25(21-8-9-21)18-31-28(35)37-26(16-20-6-4-3-5-7-20)27(34)32-12-14-36-15-13-32/h10-11,17,20-21,25-26H,3-9,12-16,18-19H2,1-2H3,(H,31,35)/t25-,26-/m0/s1. The third kappa shape index (κ3) is 6.21. The summed E-state index contributed by atoms with van der Waals surface area (Å²) in [6.45, 7) is 7.64. The van der Waals surface area contributed by atoms with E-state index in [1.807, 2.05) is 6.07 Å². The molecule has 1 saturated heterocycles. The Balaban J connectivity index is 1.24. The summed E-state index contributed by atoms with van der Waals surface area (Å²) in [5, 5.41) is 3.00. The lowest BCUT2D eigenvalue weighted by molar-refractivity contribution is -0.145. The number of rotatable bonds is 8. The van der Waals surface area contributed by atoms with E-state index in [-0.39, 0.29) is 23.2 Å². The average molecular weight is 516 g/mol. The van der Waals surface area contributed by atoms with Crippen LogP contribution in [0.5, 0.6) is 0 Å². The van der Waals surface area contributed by atoms with Crippen molar-refractivity contribution in [2.75, 3.05) is 44.3 Å². The quantitative estimate of drug-likeness (QED) is 0.547. The number of nitrogens with one attached hydrogen (secondary N) is 1. The van der Waals surface area contributed by atoms with Crippen LogP contribution >= 0.6 is 0 Å². The van der Waals surface area contributed by atoms with Crippen LogP contribution in [0, 0.1) is 17.7 Å². The number of nitrogens with zero attached hydrogens (tertiary/aromatic N) is 2. The van der Waals surface area contributed by atoms with E-state index in [4.69, 9.17) is 9.47 Å². The first-order valence-corrected chi connectivity index (χ1v) is 14.2. The highest BCUT2D eigenvalue weighted by Gasteiger charge is 2.43. The Bertz CT molecular complexity index is 970. The minimum Gasteiger partial charge on any atom is -0.436 e. The molecular formula is C29H42FN3O4. The molecule has 2 heterocycles. The van der Waals surface area contributed by atoms with E-state index in [2.05, 4.69) is 24.1 Å². The number of hydrogen-bond donors (Lipinski definition) is 1. The molecule has 0 aromatic heterocycles. The number of hydrogen-bond acceptors (Lipinski definition) is 5. The molecule has 7 nitrogen and oxygen atoms in total. The van der Waals surface area contributed by atoms with Gasteiger partial charge in [-0.3, -0.25) is 4.79 Å². The van der Waals surface area contributed by atoms with Crippen LogP contribution in [-0.4, -0.2) is 68.4 Å². The van der Waals surface area contributed by atoms with Gasteiger partial charge in [-0.15, -0.1) is 0 Å². The number of carbonyl (C=O) groups excluding carboxylic acids is 2. The zero-order valence-electron chi connectivity index (χ0n) is 22.3. The van der Waals surface area contributed by atoms with Crippen molar-refractivity contribution in [1.82, 2.24) is 10.2 Å². The highest BCUT2D eigenvalue weighted by Crippen LogP contribution is 2.46. The number of benzene rings is 1. The lowest BCUT2D eigenvalue weighted by Gasteiger charge is -2.33. The number of morpholine rings is 1. The van der Waals surface area contributed by atoms with E-state index in [1.165, 1.54) is 25.3 Å². The van der Waals surface area contributed by atoms with Crippen molar-refractivity contribution in [2.45, 2.75) is 82.8 Å². The predicted molar refractivity (Wildman–Crippen MR) is 140 cm³/mol. The first-order valence-electron chi connectivity index (χ1n) is 14.2. The van der Waals surface area contributed by atoms with Gasteiger partial charge in [0.05, 0.1) is 13.2 Å². The Morgan fingerprint density at radius 2 is 1.86 bits per heavy atom. The highest BCUT2D eigenvalue weighted by molar-refractivity contribution is 5.83. The molecule has 0 radical (unpaired) electrons. The maximum absolute atomic E-state index is 14.0. The van der Waals surface area contributed by atoms with E-state index in [1.54, 1.807) is 11.0 Å². The summed E-state index contributed by atoms with van der Waals surface area (Å²) < 4.78 is 25.3. The molecule has 1 N–H and O–H groups in total. The van der Waals surface area contributed by atoms with Crippen molar-refractivity contribution in [3.8, 4) is 0 Å². The largest absolute Gasteiger partial charge is 0.436 e. The van der Waals surface area contributed by atoms with Gasteiger partial charge in [0.15, 0.2) is 6.10 Å². The molecule has 2 aliphatic heterocycles. The van der Waals surface area contributed by atoms with Crippen molar-refractivity contribution in [3.63, 3.8) is 0 Å². The third-order valence-electron chi connectivity index (χ3n) is 8.70. The van der Waals surface area contributed by atoms with Gasteiger partial charge in [0.25, 0.3) is 5.91 Å². The van der Waals surface area contributed by atoms with Gasteiger partial charge in [-0.1, -0.05) is 46.0 Å². The maximum atomic E-state index is 14.0. The van der Waals surface area contributed by atoms with E-state index >= 15 is 0 Å². The summed E-state index contributed by atoms with van der Waals surface area (Å²) in [6.07, 6.45) is 7.33. The molecule has 0 spiro atoms. The van der Waals surface area contributed by atoms with Gasteiger partial charge >= 0.3 is 6.09 Å². The third-order valence-corrected chi connectivity index (χ3v) is 8.70. The fraction of sp³-hybridized carbons (Fsp3) is 0.724. The fourth-order valence-electron chi connectivity index (χ4n) is 6.48. The molecule has 1 aromatic carbocycles. The Morgan fingerprint density at radius 1 is 1.14 bits per heavy atom. The maximum Gasteiger partial charge on any atom is 0.407 e. The van der Waals surface area contributed by atoms with Crippen molar-refractivity contribution in [1.29, 1.82) is 0 Å². The van der Waals surface area contributed by atoms with Crippen LogP contribution in [0.3, 0.4) is 0 Å². The van der Waals surface area contributed by atoms with Gasteiger partial charge in [0, 0.05) is 43.3 Å². The molecule has 204 valence electrons. The van der Waals surface area contributed by atoms with E-state index in [0.29, 0.717) is 51.1 Å². The van der Waals surface area contributed by atoms with Crippen LogP contribution < -0.4 is 10.2 Å². The highest BCUT2D eigenvalue weighted by atomic mass is 19.1. The van der Waals surface area contributed by atoms with Gasteiger partial charge in [-0.05, 0) is 54.9 Å². The molecule has 37 heavy (non-hydrogen) atoms. The topological polar surface area (TPSA) is 71.1 Å². The SMILES string of the molecule is CC1(C)CN([C@@H](CNC(=O)O[C@@H](CC2CCCCC2)C(=O)N2CCOCC2)C2CC2)c2ccc(F)cc21. The van der Waals surface area contributed by atoms with E-state index in [9.17, 15) is 14.0 Å². The van der Waals surface area contributed by atoms with E-state index in [0.717, 1.165) is 43.5 Å². The molecule has 3 fully saturated rings. The molecule has 0 bridgehead atoms. The second-order valence-electron chi connectivity index (χ2n) is 12.0. The van der Waals surface area contributed by atoms with Gasteiger partial charge in [0.1, 0.15) is 5.82 Å². The molecule has 4 aliphatic rings. The van der Waals surface area contributed by atoms with Crippen molar-refractivity contribution in [3.05, 3.63) is 29.6 Å². The first-order chi connectivity index (χ1) is 17.8. The molecule has 2 atom stereocenters. The lowest BCUT2D eigenvalue weighted by atomic mass is 9.85. The second-order valence-corrected chi connectivity index (χ2v) is 12.0. The van der Waals surface area contributed by atoms with Gasteiger partial charge in [-0.25, -0.2) is 9.18 Å². The molecule has 1 aromatic rings. The smallest absolute Gasteiger partial charge is 0.407 e. The van der Waals surface area contributed by atoms with Crippen molar-refractivity contribution < 1.29 is 23.5 Å². The Morgan fingerprint density at radius 3 is 2.57 bits per heavy atom. The molecule has 2 aliphatic carbocycles. The number of ether oxygens (including phenoxy) is 2. The average Bonchev–Trinajstić information content (AvgIpc) is 3.70. The lowest BCUT2D eigenvalue weighted by Crippen LogP contribution is -2.50. The minimum atomic E-state index is -0.755. The number of alkyl carbamates (subject to hydrolysis) is 1. The fourth-order valence-corrected chi connectivity index (χ4v) is 6.48. The Hall–Kier alpha value is -2.35. The van der Waals surface area contributed by atoms with E-state index < -0.39 is 12.2 Å². The van der Waals surface area contributed by atoms with Crippen LogP contribution in [0.25, 0.3) is 0 Å². The predicted octanol–water partition coefficient (Wildman–Crippen LogP) is 4.63. The van der Waals surface area contributed by atoms with Crippen molar-refractivity contribution >= 4 is 17.7 Å². The van der Waals surface area contributed by atoms with Gasteiger partial charge in [-0.2, -0.15) is 0 Å². The molecular weight excluding hydrogens is 473 g/mol. The van der Waals surface area contributed by atoms with Crippen LogP contribution in [0.1, 0.15) is 70.8 Å². The molecule has 5 rings (SSSR count). The van der Waals surface area contributed by atoms with Crippen LogP contribution in [0.4, 0.5) is 14.9 Å². The second kappa shape index (κ2) is 11.2. The number of halogens is 1.